The lowest BCUT2D eigenvalue weighted by Gasteiger charge is -2.36. The van der Waals surface area contributed by atoms with E-state index >= 15 is 0 Å². The molecule has 0 saturated carbocycles. The summed E-state index contributed by atoms with van der Waals surface area (Å²) < 4.78 is 1.84. The van der Waals surface area contributed by atoms with E-state index in [1.165, 1.54) is 0 Å². The number of nitrogens with zero attached hydrogens (tertiary/aromatic N) is 5. The van der Waals surface area contributed by atoms with E-state index in [-0.39, 0.29) is 11.6 Å². The van der Waals surface area contributed by atoms with Crippen LogP contribution in [-0.2, 0) is 6.54 Å². The molecular formula is C26H30N6O. The van der Waals surface area contributed by atoms with E-state index in [4.69, 9.17) is 0 Å². The molecule has 1 saturated heterocycles. The number of aryl methyl sites for hydroxylation is 2. The number of hydrogen-bond donors (Lipinski definition) is 1. The van der Waals surface area contributed by atoms with Gasteiger partial charge in [-0.15, -0.1) is 5.10 Å². The molecule has 7 heteroatoms. The van der Waals surface area contributed by atoms with E-state index in [1.54, 1.807) is 0 Å². The summed E-state index contributed by atoms with van der Waals surface area (Å²) in [4.78, 5) is 19.0. The van der Waals surface area contributed by atoms with Gasteiger partial charge in [0.1, 0.15) is 6.04 Å². The minimum absolute atomic E-state index is 0.0749. The van der Waals surface area contributed by atoms with Crippen LogP contribution in [0.1, 0.15) is 53.9 Å². The number of fused-ring (bicyclic) bond motifs is 1. The van der Waals surface area contributed by atoms with Crippen LogP contribution >= 0.6 is 0 Å². The first-order valence-corrected chi connectivity index (χ1v) is 11.7. The van der Waals surface area contributed by atoms with Gasteiger partial charge in [0.05, 0.1) is 12.1 Å². The number of aromatic amines is 1. The van der Waals surface area contributed by atoms with Gasteiger partial charge in [0.2, 0.25) is 0 Å². The molecule has 33 heavy (non-hydrogen) atoms. The molecule has 1 atom stereocenters. The van der Waals surface area contributed by atoms with Crippen molar-refractivity contribution in [2.24, 2.45) is 5.92 Å². The summed E-state index contributed by atoms with van der Waals surface area (Å²) in [7, 11) is 0. The zero-order valence-electron chi connectivity index (χ0n) is 19.5. The van der Waals surface area contributed by atoms with Crippen LogP contribution in [0.25, 0.3) is 10.9 Å². The fraction of sp³-hybridized carbons (Fsp3) is 0.385. The Morgan fingerprint density at radius 1 is 1.06 bits per heavy atom. The summed E-state index contributed by atoms with van der Waals surface area (Å²) in [5.74, 6) is 1.39. The number of hydrogen-bond acceptors (Lipinski definition) is 5. The second kappa shape index (κ2) is 8.90. The Hall–Kier alpha value is -3.32. The topological polar surface area (TPSA) is 79.7 Å². The second-order valence-corrected chi connectivity index (χ2v) is 9.34. The first-order chi connectivity index (χ1) is 16.0. The quantitative estimate of drug-likeness (QED) is 0.505. The van der Waals surface area contributed by atoms with Gasteiger partial charge in [-0.1, -0.05) is 49.4 Å². The highest BCUT2D eigenvalue weighted by Gasteiger charge is 2.32. The zero-order valence-corrected chi connectivity index (χ0v) is 19.5. The first-order valence-electron chi connectivity index (χ1n) is 11.7. The Bertz CT molecular complexity index is 1320. The van der Waals surface area contributed by atoms with Gasteiger partial charge < -0.3 is 4.98 Å². The van der Waals surface area contributed by atoms with Crippen molar-refractivity contribution in [1.82, 2.24) is 30.1 Å². The molecule has 1 aliphatic heterocycles. The highest BCUT2D eigenvalue weighted by molar-refractivity contribution is 5.85. The molecule has 4 aromatic rings. The number of H-pyrrole nitrogens is 1. The van der Waals surface area contributed by atoms with Crippen molar-refractivity contribution in [3.8, 4) is 0 Å². The summed E-state index contributed by atoms with van der Waals surface area (Å²) in [6, 6.07) is 16.1. The van der Waals surface area contributed by atoms with Crippen molar-refractivity contribution in [2.75, 3.05) is 13.1 Å². The van der Waals surface area contributed by atoms with Crippen LogP contribution in [-0.4, -0.2) is 43.2 Å². The van der Waals surface area contributed by atoms with Crippen molar-refractivity contribution in [1.29, 1.82) is 0 Å². The van der Waals surface area contributed by atoms with Crippen LogP contribution in [0.4, 0.5) is 0 Å². The van der Waals surface area contributed by atoms with Crippen molar-refractivity contribution < 1.29 is 0 Å². The number of benzene rings is 2. The number of nitrogens with one attached hydrogen (secondary N) is 1. The van der Waals surface area contributed by atoms with E-state index < -0.39 is 0 Å². The largest absolute Gasteiger partial charge is 0.321 e. The molecule has 0 radical (unpaired) electrons. The fourth-order valence-electron chi connectivity index (χ4n) is 4.86. The second-order valence-electron chi connectivity index (χ2n) is 9.34. The predicted octanol–water partition coefficient (Wildman–Crippen LogP) is 4.00. The van der Waals surface area contributed by atoms with E-state index in [0.717, 1.165) is 53.5 Å². The van der Waals surface area contributed by atoms with E-state index in [1.807, 2.05) is 29.8 Å². The van der Waals surface area contributed by atoms with Gasteiger partial charge in [-0.25, -0.2) is 4.68 Å². The van der Waals surface area contributed by atoms with Gasteiger partial charge in [0.15, 0.2) is 5.82 Å². The average Bonchev–Trinajstić information content (AvgIpc) is 3.27. The monoisotopic (exact) mass is 442 g/mol. The standard InChI is InChI=1S/C26H30N6O/c1-17-11-13-31(14-12-17)24(25-28-29-30-32(25)16-20-7-5-4-6-8-20)22-15-21-18(2)9-10-19(3)23(21)27-26(22)33/h4-10,15,17,24H,11-14,16H2,1-3H3,(H,27,33)/t24-/m0/s1. The summed E-state index contributed by atoms with van der Waals surface area (Å²) >= 11 is 0. The number of piperidine rings is 1. The van der Waals surface area contributed by atoms with Crippen LogP contribution in [0.15, 0.2) is 53.3 Å². The molecule has 0 spiro atoms. The molecule has 0 amide bonds. The Morgan fingerprint density at radius 3 is 2.55 bits per heavy atom. The van der Waals surface area contributed by atoms with Gasteiger partial charge in [0.25, 0.3) is 5.56 Å². The number of aromatic nitrogens is 5. The Balaban J connectivity index is 1.64. The van der Waals surface area contributed by atoms with Gasteiger partial charge in [-0.05, 0) is 78.9 Å². The minimum Gasteiger partial charge on any atom is -0.321 e. The van der Waals surface area contributed by atoms with Crippen LogP contribution in [0.3, 0.4) is 0 Å². The highest BCUT2D eigenvalue weighted by Crippen LogP contribution is 2.31. The van der Waals surface area contributed by atoms with Crippen LogP contribution in [0, 0.1) is 19.8 Å². The van der Waals surface area contributed by atoms with Crippen molar-refractivity contribution in [3.05, 3.63) is 87.0 Å². The van der Waals surface area contributed by atoms with Gasteiger partial charge >= 0.3 is 0 Å². The SMILES string of the molecule is Cc1ccc(C)c2[nH]c(=O)c([C@@H](c3nnnn3Cc3ccccc3)N3CCC(C)CC3)cc12. The van der Waals surface area contributed by atoms with E-state index in [2.05, 4.69) is 69.6 Å². The average molecular weight is 443 g/mol. The van der Waals surface area contributed by atoms with Gasteiger partial charge in [-0.2, -0.15) is 0 Å². The van der Waals surface area contributed by atoms with Gasteiger partial charge in [-0.3, -0.25) is 9.69 Å². The lowest BCUT2D eigenvalue weighted by atomic mass is 9.94. The van der Waals surface area contributed by atoms with Gasteiger partial charge in [0, 0.05) is 10.9 Å². The number of pyridine rings is 1. The molecule has 2 aromatic carbocycles. The maximum absolute atomic E-state index is 13.4. The van der Waals surface area contributed by atoms with Crippen LogP contribution in [0.5, 0.6) is 0 Å². The molecule has 1 aliphatic rings. The smallest absolute Gasteiger partial charge is 0.253 e. The highest BCUT2D eigenvalue weighted by atomic mass is 16.1. The Morgan fingerprint density at radius 2 is 1.79 bits per heavy atom. The Labute approximate surface area is 193 Å². The molecule has 0 unspecified atom stereocenters. The van der Waals surface area contributed by atoms with Crippen molar-refractivity contribution >= 4 is 10.9 Å². The fourth-order valence-corrected chi connectivity index (χ4v) is 4.86. The third-order valence-corrected chi connectivity index (χ3v) is 6.93. The normalized spacial score (nSPS) is 16.3. The van der Waals surface area contributed by atoms with Crippen molar-refractivity contribution in [2.45, 2.75) is 46.2 Å². The van der Waals surface area contributed by atoms with Crippen molar-refractivity contribution in [3.63, 3.8) is 0 Å². The molecule has 170 valence electrons. The molecule has 5 rings (SSSR count). The summed E-state index contributed by atoms with van der Waals surface area (Å²) in [5, 5.41) is 13.9. The molecule has 3 heterocycles. The molecule has 7 nitrogen and oxygen atoms in total. The molecular weight excluding hydrogens is 412 g/mol. The zero-order chi connectivity index (χ0) is 22.9. The Kier molecular flexibility index (Phi) is 5.81. The predicted molar refractivity (Wildman–Crippen MR) is 129 cm³/mol. The number of rotatable bonds is 5. The molecule has 1 fully saturated rings. The summed E-state index contributed by atoms with van der Waals surface area (Å²) in [6.07, 6.45) is 2.20. The minimum atomic E-state index is -0.302. The molecule has 0 aliphatic carbocycles. The third kappa shape index (κ3) is 4.20. The van der Waals surface area contributed by atoms with E-state index in [0.29, 0.717) is 23.9 Å². The van der Waals surface area contributed by atoms with Crippen LogP contribution < -0.4 is 5.56 Å². The first kappa shape index (κ1) is 21.5. The number of tetrazole rings is 1. The molecule has 0 bridgehead atoms. The maximum Gasteiger partial charge on any atom is 0.253 e. The summed E-state index contributed by atoms with van der Waals surface area (Å²) in [6.45, 7) is 8.79. The lowest BCUT2D eigenvalue weighted by Crippen LogP contribution is -2.40. The lowest BCUT2D eigenvalue weighted by molar-refractivity contribution is 0.149. The molecule has 2 aromatic heterocycles. The third-order valence-electron chi connectivity index (χ3n) is 6.93. The number of likely N-dealkylation sites (tertiary alicyclic amines) is 1. The van der Waals surface area contributed by atoms with E-state index in [9.17, 15) is 4.79 Å². The maximum atomic E-state index is 13.4. The molecule has 1 N–H and O–H groups in total. The van der Waals surface area contributed by atoms with Crippen LogP contribution in [0.2, 0.25) is 0 Å². The summed E-state index contributed by atoms with van der Waals surface area (Å²) in [5.41, 5.74) is 4.86.